The van der Waals surface area contributed by atoms with E-state index in [-0.39, 0.29) is 24.0 Å². The second-order valence-corrected chi connectivity index (χ2v) is 10.5. The molecule has 4 rings (SSSR count). The van der Waals surface area contributed by atoms with Crippen molar-refractivity contribution < 1.29 is 18.3 Å². The molecule has 152 valence electrons. The quantitative estimate of drug-likeness (QED) is 0.603. The molecule has 1 aliphatic heterocycles. The number of thiophene rings is 1. The van der Waals surface area contributed by atoms with Gasteiger partial charge < -0.3 is 10.0 Å². The van der Waals surface area contributed by atoms with Gasteiger partial charge in [0.1, 0.15) is 0 Å². The number of amides is 1. The third-order valence-corrected chi connectivity index (χ3v) is 7.75. The largest absolute Gasteiger partial charge is 0.396 e. The number of rotatable bonds is 7. The highest BCUT2D eigenvalue weighted by Gasteiger charge is 2.31. The number of aliphatic hydroxyl groups excluding tert-OH is 1. The molecule has 1 aromatic heterocycles. The molecule has 2 N–H and O–H groups in total. The molecule has 2 heterocycles. The first-order valence-corrected chi connectivity index (χ1v) is 11.6. The predicted molar refractivity (Wildman–Crippen MR) is 115 cm³/mol. The van der Waals surface area contributed by atoms with Gasteiger partial charge in [0.15, 0.2) is 0 Å². The van der Waals surface area contributed by atoms with Gasteiger partial charge in [-0.3, -0.25) is 4.79 Å². The van der Waals surface area contributed by atoms with Crippen molar-refractivity contribution in [2.24, 2.45) is 5.41 Å². The van der Waals surface area contributed by atoms with Gasteiger partial charge >= 0.3 is 0 Å². The molecule has 1 atom stereocenters. The van der Waals surface area contributed by atoms with Gasteiger partial charge in [-0.1, -0.05) is 25.1 Å². The number of hydrogen-bond acceptors (Lipinski definition) is 5. The lowest BCUT2D eigenvalue weighted by molar-refractivity contribution is 0.0999. The molecule has 0 saturated carbocycles. The predicted octanol–water partition coefficient (Wildman–Crippen LogP) is 3.01. The van der Waals surface area contributed by atoms with Crippen LogP contribution in [0.2, 0.25) is 0 Å². The van der Waals surface area contributed by atoms with Crippen LogP contribution >= 0.6 is 11.3 Å². The Hall–Kier alpha value is -2.26. The molecule has 3 aromatic rings. The van der Waals surface area contributed by atoms with Crippen LogP contribution < -0.4 is 9.62 Å². The number of carbonyl (C=O) groups is 1. The van der Waals surface area contributed by atoms with Gasteiger partial charge in [-0.05, 0) is 36.1 Å². The summed E-state index contributed by atoms with van der Waals surface area (Å²) in [4.78, 5) is 15.2. The zero-order valence-corrected chi connectivity index (χ0v) is 17.8. The van der Waals surface area contributed by atoms with Crippen LogP contribution in [-0.2, 0) is 16.4 Å². The average Bonchev–Trinajstić information content (AvgIpc) is 3.30. The van der Waals surface area contributed by atoms with Crippen molar-refractivity contribution in [1.29, 1.82) is 0 Å². The van der Waals surface area contributed by atoms with Gasteiger partial charge in [0.25, 0.3) is 5.91 Å². The maximum atomic E-state index is 13.1. The van der Waals surface area contributed by atoms with E-state index >= 15 is 0 Å². The number of benzene rings is 2. The van der Waals surface area contributed by atoms with Crippen LogP contribution in [0.15, 0.2) is 52.7 Å². The van der Waals surface area contributed by atoms with Crippen LogP contribution in [0.5, 0.6) is 0 Å². The summed E-state index contributed by atoms with van der Waals surface area (Å²) in [6.07, 6.45) is 0.576. The molecular formula is C21H22N2O4S2. The first kappa shape index (κ1) is 20.0. The summed E-state index contributed by atoms with van der Waals surface area (Å²) < 4.78 is 28.9. The molecule has 1 amide bonds. The summed E-state index contributed by atoms with van der Waals surface area (Å²) in [6, 6.07) is 12.3. The van der Waals surface area contributed by atoms with Gasteiger partial charge in [-0.2, -0.15) is 0 Å². The van der Waals surface area contributed by atoms with Crippen molar-refractivity contribution in [3.05, 3.63) is 58.3 Å². The Balaban J connectivity index is 1.66. The van der Waals surface area contributed by atoms with E-state index in [4.69, 9.17) is 0 Å². The van der Waals surface area contributed by atoms with E-state index in [1.54, 1.807) is 42.6 Å². The maximum absolute atomic E-state index is 13.1. The summed E-state index contributed by atoms with van der Waals surface area (Å²) >= 11 is 1.58. The number of nitrogens with one attached hydrogen (secondary N) is 1. The molecule has 0 saturated heterocycles. The monoisotopic (exact) mass is 430 g/mol. The first-order chi connectivity index (χ1) is 13.8. The Kier molecular flexibility index (Phi) is 4.98. The Morgan fingerprint density at radius 1 is 1.17 bits per heavy atom. The number of nitrogens with zero attached hydrogens (tertiary/aromatic N) is 1. The molecule has 0 fully saturated rings. The van der Waals surface area contributed by atoms with E-state index < -0.39 is 15.4 Å². The summed E-state index contributed by atoms with van der Waals surface area (Å²) in [5.74, 6) is -0.142. The Labute approximate surface area is 173 Å². The minimum atomic E-state index is -3.84. The van der Waals surface area contributed by atoms with Crippen LogP contribution in [0.1, 0.15) is 22.2 Å². The lowest BCUT2D eigenvalue weighted by Crippen LogP contribution is -2.39. The summed E-state index contributed by atoms with van der Waals surface area (Å²) in [6.45, 7) is 1.82. The zero-order chi connectivity index (χ0) is 20.8. The number of hydrogen-bond donors (Lipinski definition) is 2. The van der Waals surface area contributed by atoms with Crippen molar-refractivity contribution in [2.45, 2.75) is 18.2 Å². The fourth-order valence-corrected chi connectivity index (χ4v) is 6.02. The molecule has 1 aliphatic rings. The van der Waals surface area contributed by atoms with Gasteiger partial charge in [0, 0.05) is 40.2 Å². The Morgan fingerprint density at radius 2 is 1.97 bits per heavy atom. The van der Waals surface area contributed by atoms with Gasteiger partial charge in [0.2, 0.25) is 10.0 Å². The Bertz CT molecular complexity index is 1190. The third-order valence-electron chi connectivity index (χ3n) is 5.42. The molecule has 1 unspecified atom stereocenters. The van der Waals surface area contributed by atoms with E-state index in [2.05, 4.69) is 4.72 Å². The molecule has 2 aromatic carbocycles. The molecule has 29 heavy (non-hydrogen) atoms. The van der Waals surface area contributed by atoms with Crippen molar-refractivity contribution >= 4 is 43.7 Å². The molecule has 6 nitrogen and oxygen atoms in total. The normalized spacial score (nSPS) is 15.8. The first-order valence-electron chi connectivity index (χ1n) is 9.22. The fourth-order valence-electron chi connectivity index (χ4n) is 3.70. The molecule has 0 aliphatic carbocycles. The van der Waals surface area contributed by atoms with Gasteiger partial charge in [-0.15, -0.1) is 11.3 Å². The fraction of sp³-hybridized carbons (Fsp3) is 0.286. The highest BCUT2D eigenvalue weighted by Crippen LogP contribution is 2.39. The van der Waals surface area contributed by atoms with Crippen LogP contribution in [-0.4, -0.2) is 39.6 Å². The standard InChI is InChI=1S/C21H22N2O4S2/c1-21(13-24,11-14-5-4-10-28-14)12-22-29(26,27)18-9-8-17-19-15(18)6-3-7-16(19)20(25)23(17)2/h3-10,22,24H,11-13H2,1-2H3. The van der Waals surface area contributed by atoms with E-state index in [9.17, 15) is 18.3 Å². The van der Waals surface area contributed by atoms with E-state index in [1.807, 2.05) is 24.4 Å². The average molecular weight is 431 g/mol. The zero-order valence-electron chi connectivity index (χ0n) is 16.2. The van der Waals surface area contributed by atoms with Crippen molar-refractivity contribution in [3.8, 4) is 0 Å². The minimum absolute atomic E-state index is 0.103. The van der Waals surface area contributed by atoms with Crippen molar-refractivity contribution in [1.82, 2.24) is 4.72 Å². The lowest BCUT2D eigenvalue weighted by atomic mass is 9.87. The second kappa shape index (κ2) is 7.21. The van der Waals surface area contributed by atoms with E-state index in [1.165, 1.54) is 11.0 Å². The van der Waals surface area contributed by atoms with Crippen molar-refractivity contribution in [2.75, 3.05) is 25.1 Å². The van der Waals surface area contributed by atoms with Crippen LogP contribution in [0.25, 0.3) is 10.8 Å². The Morgan fingerprint density at radius 3 is 2.66 bits per heavy atom. The van der Waals surface area contributed by atoms with E-state index in [0.29, 0.717) is 28.4 Å². The second-order valence-electron chi connectivity index (χ2n) is 7.72. The number of sulfonamides is 1. The molecule has 0 spiro atoms. The number of anilines is 1. The molecule has 8 heteroatoms. The highest BCUT2D eigenvalue weighted by molar-refractivity contribution is 7.89. The van der Waals surface area contributed by atoms with Gasteiger partial charge in [0.05, 0.1) is 17.2 Å². The van der Waals surface area contributed by atoms with E-state index in [0.717, 1.165) is 4.88 Å². The summed E-state index contributed by atoms with van der Waals surface area (Å²) in [5, 5.41) is 13.0. The third kappa shape index (κ3) is 3.46. The van der Waals surface area contributed by atoms with Crippen molar-refractivity contribution in [3.63, 3.8) is 0 Å². The molecular weight excluding hydrogens is 408 g/mol. The number of carbonyl (C=O) groups excluding carboxylic acids is 1. The minimum Gasteiger partial charge on any atom is -0.396 e. The molecule has 0 bridgehead atoms. The van der Waals surface area contributed by atoms with Crippen LogP contribution in [0.4, 0.5) is 5.69 Å². The topological polar surface area (TPSA) is 86.7 Å². The summed E-state index contributed by atoms with van der Waals surface area (Å²) in [7, 11) is -2.16. The lowest BCUT2D eigenvalue weighted by Gasteiger charge is -2.27. The highest BCUT2D eigenvalue weighted by atomic mass is 32.2. The van der Waals surface area contributed by atoms with Gasteiger partial charge in [-0.25, -0.2) is 13.1 Å². The smallest absolute Gasteiger partial charge is 0.258 e. The molecule has 0 radical (unpaired) electrons. The van der Waals surface area contributed by atoms with Crippen LogP contribution in [0.3, 0.4) is 0 Å². The SMILES string of the molecule is CN1C(=O)c2cccc3c(S(=O)(=O)NCC(C)(CO)Cc4cccs4)ccc1c23. The van der Waals surface area contributed by atoms with Crippen LogP contribution in [0, 0.1) is 5.41 Å². The number of aliphatic hydroxyl groups is 1. The summed E-state index contributed by atoms with van der Waals surface area (Å²) in [5.41, 5.74) is 0.593. The maximum Gasteiger partial charge on any atom is 0.258 e.